The molecule has 0 saturated heterocycles. The Morgan fingerprint density at radius 3 is 2.29 bits per heavy atom. The zero-order chi connectivity index (χ0) is 17.7. The number of aryl methyl sites for hydroxylation is 1. The number of hydrogen-bond donors (Lipinski definition) is 2. The topological polar surface area (TPSA) is 58.2 Å². The number of amides is 2. The molecule has 2 aromatic rings. The number of carbonyl (C=O) groups excluding carboxylic acids is 2. The molecule has 0 aliphatic rings. The van der Waals surface area contributed by atoms with Crippen molar-refractivity contribution in [2.45, 2.75) is 33.2 Å². The molecule has 0 bridgehead atoms. The van der Waals surface area contributed by atoms with E-state index < -0.39 is 0 Å². The van der Waals surface area contributed by atoms with Gasteiger partial charge in [-0.2, -0.15) is 0 Å². The molecule has 0 aliphatic heterocycles. The highest BCUT2D eigenvalue weighted by Crippen LogP contribution is 2.14. The fourth-order valence-corrected chi connectivity index (χ4v) is 2.64. The maximum Gasteiger partial charge on any atom is 0.268 e. The van der Waals surface area contributed by atoms with Crippen LogP contribution in [0.3, 0.4) is 0 Å². The maximum atomic E-state index is 12.5. The predicted molar refractivity (Wildman–Crippen MR) is 98.8 cm³/mol. The highest BCUT2D eigenvalue weighted by Gasteiger charge is 2.19. The van der Waals surface area contributed by atoms with Crippen LogP contribution in [-0.4, -0.2) is 17.4 Å². The summed E-state index contributed by atoms with van der Waals surface area (Å²) in [6, 6.07) is 11.0. The Hall–Kier alpha value is -2.40. The van der Waals surface area contributed by atoms with Gasteiger partial charge in [0.15, 0.2) is 0 Å². The normalized spacial score (nSPS) is 11.9. The van der Waals surface area contributed by atoms with Crippen molar-refractivity contribution < 1.29 is 9.59 Å². The van der Waals surface area contributed by atoms with E-state index in [9.17, 15) is 9.59 Å². The van der Waals surface area contributed by atoms with Crippen molar-refractivity contribution in [3.8, 4) is 0 Å². The second-order valence-corrected chi connectivity index (χ2v) is 7.58. The molecule has 4 nitrogen and oxygen atoms in total. The molecule has 0 atom stereocenters. The summed E-state index contributed by atoms with van der Waals surface area (Å²) in [5.74, 6) is -0.613. The standard InChI is InChI=1S/C19H22N2O2S/c1-13-7-9-14(10-8-13)17(22)20-16(12-15-6-5-11-24-15)18(23)21-19(2,3)4/h5-12H,1-4H3,(H,20,22)(H,21,23)/b16-12+. The maximum absolute atomic E-state index is 12.5. The van der Waals surface area contributed by atoms with E-state index in [4.69, 9.17) is 0 Å². The quantitative estimate of drug-likeness (QED) is 0.832. The second-order valence-electron chi connectivity index (χ2n) is 6.60. The summed E-state index contributed by atoms with van der Waals surface area (Å²) in [7, 11) is 0. The van der Waals surface area contributed by atoms with Gasteiger partial charge >= 0.3 is 0 Å². The molecule has 126 valence electrons. The van der Waals surface area contributed by atoms with E-state index in [-0.39, 0.29) is 23.1 Å². The lowest BCUT2D eigenvalue weighted by Gasteiger charge is -2.21. The first-order valence-corrected chi connectivity index (χ1v) is 8.58. The van der Waals surface area contributed by atoms with Crippen LogP contribution in [0.4, 0.5) is 0 Å². The smallest absolute Gasteiger partial charge is 0.268 e. The third-order valence-corrected chi connectivity index (χ3v) is 3.94. The van der Waals surface area contributed by atoms with Crippen LogP contribution in [0.25, 0.3) is 6.08 Å². The van der Waals surface area contributed by atoms with Crippen LogP contribution >= 0.6 is 11.3 Å². The van der Waals surface area contributed by atoms with Crippen molar-refractivity contribution in [2.24, 2.45) is 0 Å². The van der Waals surface area contributed by atoms with E-state index in [0.29, 0.717) is 5.56 Å². The zero-order valence-corrected chi connectivity index (χ0v) is 15.2. The Morgan fingerprint density at radius 2 is 1.75 bits per heavy atom. The van der Waals surface area contributed by atoms with E-state index in [1.165, 1.54) is 11.3 Å². The minimum absolute atomic E-state index is 0.234. The van der Waals surface area contributed by atoms with Crippen molar-refractivity contribution in [1.82, 2.24) is 10.6 Å². The van der Waals surface area contributed by atoms with Gasteiger partial charge in [0.2, 0.25) is 0 Å². The largest absolute Gasteiger partial charge is 0.346 e. The van der Waals surface area contributed by atoms with Crippen LogP contribution in [0.5, 0.6) is 0 Å². The number of benzene rings is 1. The summed E-state index contributed by atoms with van der Waals surface area (Å²) in [4.78, 5) is 25.9. The van der Waals surface area contributed by atoms with Gasteiger partial charge in [0.25, 0.3) is 11.8 Å². The number of carbonyl (C=O) groups is 2. The van der Waals surface area contributed by atoms with Crippen LogP contribution in [-0.2, 0) is 4.79 Å². The Labute approximate surface area is 146 Å². The van der Waals surface area contributed by atoms with Crippen molar-refractivity contribution in [2.75, 3.05) is 0 Å². The molecule has 0 spiro atoms. The molecule has 0 saturated carbocycles. The molecular formula is C19H22N2O2S. The minimum atomic E-state index is -0.389. The molecule has 1 heterocycles. The fraction of sp³-hybridized carbons (Fsp3) is 0.263. The fourth-order valence-electron chi connectivity index (χ4n) is 1.98. The summed E-state index contributed by atoms with van der Waals surface area (Å²) in [6.45, 7) is 7.65. The summed E-state index contributed by atoms with van der Waals surface area (Å²) in [6.07, 6.45) is 1.69. The molecule has 0 unspecified atom stereocenters. The molecule has 0 aliphatic carbocycles. The van der Waals surface area contributed by atoms with Gasteiger partial charge in [-0.25, -0.2) is 0 Å². The average molecular weight is 342 g/mol. The Bertz CT molecular complexity index is 739. The van der Waals surface area contributed by atoms with Crippen LogP contribution in [0, 0.1) is 6.92 Å². The van der Waals surface area contributed by atoms with Crippen molar-refractivity contribution >= 4 is 29.2 Å². The molecule has 1 aromatic heterocycles. The third kappa shape index (κ3) is 5.35. The summed E-state index contributed by atoms with van der Waals surface area (Å²) in [5.41, 5.74) is 1.44. The van der Waals surface area contributed by atoms with Gasteiger partial charge < -0.3 is 10.6 Å². The Morgan fingerprint density at radius 1 is 1.08 bits per heavy atom. The molecule has 1 aromatic carbocycles. The van der Waals surface area contributed by atoms with E-state index >= 15 is 0 Å². The van der Waals surface area contributed by atoms with Gasteiger partial charge in [-0.1, -0.05) is 23.8 Å². The molecule has 0 fully saturated rings. The first kappa shape index (κ1) is 17.9. The zero-order valence-electron chi connectivity index (χ0n) is 14.3. The van der Waals surface area contributed by atoms with Gasteiger partial charge in [0.05, 0.1) is 0 Å². The molecular weight excluding hydrogens is 320 g/mol. The van der Waals surface area contributed by atoms with Crippen molar-refractivity contribution in [3.63, 3.8) is 0 Å². The lowest BCUT2D eigenvalue weighted by Crippen LogP contribution is -2.44. The van der Waals surface area contributed by atoms with E-state index in [0.717, 1.165) is 10.4 Å². The summed E-state index contributed by atoms with van der Waals surface area (Å²) >= 11 is 1.50. The molecule has 24 heavy (non-hydrogen) atoms. The van der Waals surface area contributed by atoms with Crippen molar-refractivity contribution in [3.05, 3.63) is 63.5 Å². The first-order chi connectivity index (χ1) is 11.2. The molecule has 5 heteroatoms. The highest BCUT2D eigenvalue weighted by molar-refractivity contribution is 7.10. The number of nitrogens with one attached hydrogen (secondary N) is 2. The molecule has 0 radical (unpaired) electrons. The SMILES string of the molecule is Cc1ccc(C(=O)N/C(=C/c2cccs2)C(=O)NC(C)(C)C)cc1. The summed E-state index contributed by atoms with van der Waals surface area (Å²) in [5, 5.41) is 7.53. The number of rotatable bonds is 4. The Balaban J connectivity index is 2.24. The lowest BCUT2D eigenvalue weighted by atomic mass is 10.1. The van der Waals surface area contributed by atoms with E-state index in [1.807, 2.05) is 57.3 Å². The lowest BCUT2D eigenvalue weighted by molar-refractivity contribution is -0.119. The molecule has 2 rings (SSSR count). The Kier molecular flexibility index (Phi) is 5.57. The van der Waals surface area contributed by atoms with Gasteiger partial charge in [-0.3, -0.25) is 9.59 Å². The van der Waals surface area contributed by atoms with Gasteiger partial charge in [0.1, 0.15) is 5.70 Å². The van der Waals surface area contributed by atoms with E-state index in [2.05, 4.69) is 10.6 Å². The van der Waals surface area contributed by atoms with Crippen LogP contribution < -0.4 is 10.6 Å². The summed E-state index contributed by atoms with van der Waals surface area (Å²) < 4.78 is 0. The number of hydrogen-bond acceptors (Lipinski definition) is 3. The molecule has 2 amide bonds. The second kappa shape index (κ2) is 7.45. The first-order valence-electron chi connectivity index (χ1n) is 7.70. The van der Waals surface area contributed by atoms with Crippen LogP contribution in [0.2, 0.25) is 0 Å². The predicted octanol–water partition coefficient (Wildman–Crippen LogP) is 3.74. The van der Waals surface area contributed by atoms with Crippen LogP contribution in [0.1, 0.15) is 41.6 Å². The van der Waals surface area contributed by atoms with Gasteiger partial charge in [0, 0.05) is 16.0 Å². The number of thiophene rings is 1. The highest BCUT2D eigenvalue weighted by atomic mass is 32.1. The third-order valence-electron chi connectivity index (χ3n) is 3.12. The van der Waals surface area contributed by atoms with Crippen molar-refractivity contribution in [1.29, 1.82) is 0 Å². The van der Waals surface area contributed by atoms with Gasteiger partial charge in [-0.15, -0.1) is 11.3 Å². The molecule has 2 N–H and O–H groups in total. The minimum Gasteiger partial charge on any atom is -0.346 e. The monoisotopic (exact) mass is 342 g/mol. The van der Waals surface area contributed by atoms with Gasteiger partial charge in [-0.05, 0) is 57.4 Å². The van der Waals surface area contributed by atoms with Crippen LogP contribution in [0.15, 0.2) is 47.5 Å². The van der Waals surface area contributed by atoms with E-state index in [1.54, 1.807) is 18.2 Å². The average Bonchev–Trinajstić information content (AvgIpc) is 2.98.